The van der Waals surface area contributed by atoms with Gasteiger partial charge in [0.05, 0.1) is 29.0 Å². The number of fused-ring (bicyclic) bond motifs is 1. The predicted molar refractivity (Wildman–Crippen MR) is 82.2 cm³/mol. The second kappa shape index (κ2) is 5.88. The summed E-state index contributed by atoms with van der Waals surface area (Å²) >= 11 is 0. The molecule has 0 spiro atoms. The lowest BCUT2D eigenvalue weighted by Gasteiger charge is -2.31. The molecule has 1 heterocycles. The lowest BCUT2D eigenvalue weighted by molar-refractivity contribution is 0.238. The van der Waals surface area contributed by atoms with Crippen LogP contribution in [0.2, 0.25) is 0 Å². The zero-order valence-electron chi connectivity index (χ0n) is 12.1. The van der Waals surface area contributed by atoms with E-state index in [0.29, 0.717) is 5.92 Å². The van der Waals surface area contributed by atoms with Gasteiger partial charge in [-0.05, 0) is 36.8 Å². The fraction of sp³-hybridized carbons (Fsp3) is 0.529. The molecule has 1 fully saturated rings. The fourth-order valence-corrected chi connectivity index (χ4v) is 3.33. The summed E-state index contributed by atoms with van der Waals surface area (Å²) in [5.74, 6) is 1.47. The van der Waals surface area contributed by atoms with E-state index in [4.69, 9.17) is 10.7 Å². The van der Waals surface area contributed by atoms with Crippen molar-refractivity contribution in [1.29, 1.82) is 0 Å². The molecule has 1 aromatic heterocycles. The number of benzene rings is 1. The summed E-state index contributed by atoms with van der Waals surface area (Å²) in [7, 11) is 0. The molecule has 1 saturated carbocycles. The second-order valence-electron chi connectivity index (χ2n) is 6.00. The lowest BCUT2D eigenvalue weighted by atomic mass is 9.77. The molecule has 2 aromatic rings. The van der Waals surface area contributed by atoms with Gasteiger partial charge < -0.3 is 5.73 Å². The molecule has 1 aliphatic rings. The maximum Gasteiger partial charge on any atom is 0.0890 e. The highest BCUT2D eigenvalue weighted by atomic mass is 14.8. The molecule has 3 nitrogen and oxygen atoms in total. The molecule has 0 radical (unpaired) electrons. The quantitative estimate of drug-likeness (QED) is 0.921. The van der Waals surface area contributed by atoms with Gasteiger partial charge in [-0.15, -0.1) is 0 Å². The molecule has 3 heteroatoms. The zero-order chi connectivity index (χ0) is 13.9. The van der Waals surface area contributed by atoms with Crippen LogP contribution in [0.3, 0.4) is 0 Å². The van der Waals surface area contributed by atoms with E-state index in [1.807, 2.05) is 30.5 Å². The van der Waals surface area contributed by atoms with Crippen molar-refractivity contribution in [2.45, 2.75) is 45.1 Å². The molecular weight excluding hydrogens is 246 g/mol. The zero-order valence-corrected chi connectivity index (χ0v) is 12.1. The first-order valence-corrected chi connectivity index (χ1v) is 7.75. The Kier molecular flexibility index (Phi) is 3.97. The van der Waals surface area contributed by atoms with Crippen LogP contribution in [-0.4, -0.2) is 9.97 Å². The van der Waals surface area contributed by atoms with Crippen molar-refractivity contribution in [2.24, 2.45) is 17.6 Å². The third-order valence-electron chi connectivity index (χ3n) is 4.79. The third kappa shape index (κ3) is 2.68. The first-order chi connectivity index (χ1) is 9.78. The number of nitrogens with zero attached hydrogens (tertiary/aromatic N) is 2. The van der Waals surface area contributed by atoms with E-state index in [1.165, 1.54) is 32.1 Å². The molecule has 3 rings (SSSR count). The molecule has 1 aliphatic carbocycles. The van der Waals surface area contributed by atoms with Crippen LogP contribution in [0.1, 0.15) is 50.8 Å². The Morgan fingerprint density at radius 3 is 2.55 bits per heavy atom. The molecule has 1 atom stereocenters. The van der Waals surface area contributed by atoms with Gasteiger partial charge in [-0.1, -0.05) is 38.3 Å². The summed E-state index contributed by atoms with van der Waals surface area (Å²) in [6.45, 7) is 2.29. The summed E-state index contributed by atoms with van der Waals surface area (Å²) in [6, 6.07) is 8.02. The topological polar surface area (TPSA) is 51.8 Å². The van der Waals surface area contributed by atoms with Gasteiger partial charge in [-0.3, -0.25) is 4.98 Å². The van der Waals surface area contributed by atoms with Crippen molar-refractivity contribution in [3.63, 3.8) is 0 Å². The Hall–Kier alpha value is -1.48. The molecule has 0 saturated heterocycles. The molecule has 2 N–H and O–H groups in total. The van der Waals surface area contributed by atoms with Gasteiger partial charge >= 0.3 is 0 Å². The Bertz CT molecular complexity index is 573. The van der Waals surface area contributed by atoms with Crippen molar-refractivity contribution in [3.8, 4) is 0 Å². The minimum absolute atomic E-state index is 0.0323. The standard InChI is InChI=1S/C17H23N3/c1-2-12-7-9-13(10-8-12)17(18)16-11-19-14-5-3-4-6-15(14)20-16/h3-6,11-13,17H,2,7-10,18H2,1H3. The fourth-order valence-electron chi connectivity index (χ4n) is 3.33. The average Bonchev–Trinajstić information content (AvgIpc) is 2.54. The Balaban J connectivity index is 1.77. The van der Waals surface area contributed by atoms with E-state index >= 15 is 0 Å². The van der Waals surface area contributed by atoms with E-state index in [9.17, 15) is 0 Å². The Morgan fingerprint density at radius 2 is 1.85 bits per heavy atom. The number of aromatic nitrogens is 2. The second-order valence-corrected chi connectivity index (χ2v) is 6.00. The molecule has 1 unspecified atom stereocenters. The summed E-state index contributed by atoms with van der Waals surface area (Å²) in [4.78, 5) is 9.19. The number of para-hydroxylation sites is 2. The van der Waals surface area contributed by atoms with Crippen LogP contribution < -0.4 is 5.73 Å². The minimum Gasteiger partial charge on any atom is -0.322 e. The van der Waals surface area contributed by atoms with E-state index < -0.39 is 0 Å². The summed E-state index contributed by atoms with van der Waals surface area (Å²) < 4.78 is 0. The van der Waals surface area contributed by atoms with Gasteiger partial charge in [0, 0.05) is 0 Å². The molecular formula is C17H23N3. The Morgan fingerprint density at radius 1 is 1.15 bits per heavy atom. The molecule has 0 amide bonds. The summed E-state index contributed by atoms with van der Waals surface area (Å²) in [5.41, 5.74) is 9.28. The Labute approximate surface area is 120 Å². The first-order valence-electron chi connectivity index (χ1n) is 7.75. The van der Waals surface area contributed by atoms with Crippen LogP contribution in [-0.2, 0) is 0 Å². The number of hydrogen-bond donors (Lipinski definition) is 1. The molecule has 0 bridgehead atoms. The molecule has 20 heavy (non-hydrogen) atoms. The summed E-state index contributed by atoms with van der Waals surface area (Å²) in [6.07, 6.45) is 8.25. The van der Waals surface area contributed by atoms with Crippen LogP contribution in [0.15, 0.2) is 30.5 Å². The minimum atomic E-state index is 0.0323. The largest absolute Gasteiger partial charge is 0.322 e. The summed E-state index contributed by atoms with van der Waals surface area (Å²) in [5, 5.41) is 0. The number of hydrogen-bond acceptors (Lipinski definition) is 3. The van der Waals surface area contributed by atoms with Gasteiger partial charge in [0.15, 0.2) is 0 Å². The van der Waals surface area contributed by atoms with Crippen LogP contribution in [0.5, 0.6) is 0 Å². The van der Waals surface area contributed by atoms with Crippen molar-refractivity contribution < 1.29 is 0 Å². The molecule has 106 valence electrons. The van der Waals surface area contributed by atoms with Crippen LogP contribution >= 0.6 is 0 Å². The van der Waals surface area contributed by atoms with Crippen molar-refractivity contribution >= 4 is 11.0 Å². The lowest BCUT2D eigenvalue weighted by Crippen LogP contribution is -2.26. The van der Waals surface area contributed by atoms with Crippen molar-refractivity contribution in [2.75, 3.05) is 0 Å². The van der Waals surface area contributed by atoms with Gasteiger partial charge in [0.1, 0.15) is 0 Å². The maximum absolute atomic E-state index is 6.45. The van der Waals surface area contributed by atoms with Crippen molar-refractivity contribution in [3.05, 3.63) is 36.2 Å². The average molecular weight is 269 g/mol. The first kappa shape index (κ1) is 13.5. The van der Waals surface area contributed by atoms with Crippen LogP contribution in [0, 0.1) is 11.8 Å². The predicted octanol–water partition coefficient (Wildman–Crippen LogP) is 3.85. The highest BCUT2D eigenvalue weighted by molar-refractivity contribution is 5.73. The van der Waals surface area contributed by atoms with Gasteiger partial charge in [-0.2, -0.15) is 0 Å². The van der Waals surface area contributed by atoms with E-state index in [1.54, 1.807) is 0 Å². The normalized spacial score (nSPS) is 24.7. The van der Waals surface area contributed by atoms with E-state index in [0.717, 1.165) is 22.6 Å². The van der Waals surface area contributed by atoms with Gasteiger partial charge in [0.2, 0.25) is 0 Å². The third-order valence-corrected chi connectivity index (χ3v) is 4.79. The van der Waals surface area contributed by atoms with Crippen LogP contribution in [0.4, 0.5) is 0 Å². The maximum atomic E-state index is 6.45. The van der Waals surface area contributed by atoms with Crippen molar-refractivity contribution in [1.82, 2.24) is 9.97 Å². The smallest absolute Gasteiger partial charge is 0.0890 e. The highest BCUT2D eigenvalue weighted by Crippen LogP contribution is 2.36. The van der Waals surface area contributed by atoms with E-state index in [-0.39, 0.29) is 6.04 Å². The van der Waals surface area contributed by atoms with Gasteiger partial charge in [-0.25, -0.2) is 4.98 Å². The number of rotatable bonds is 3. The molecule has 1 aromatic carbocycles. The van der Waals surface area contributed by atoms with Crippen LogP contribution in [0.25, 0.3) is 11.0 Å². The monoisotopic (exact) mass is 269 g/mol. The number of nitrogens with two attached hydrogens (primary N) is 1. The molecule has 0 aliphatic heterocycles. The highest BCUT2D eigenvalue weighted by Gasteiger charge is 2.26. The van der Waals surface area contributed by atoms with E-state index in [2.05, 4.69) is 11.9 Å². The SMILES string of the molecule is CCC1CCC(C(N)c2cnc3ccccc3n2)CC1. The van der Waals surface area contributed by atoms with Gasteiger partial charge in [0.25, 0.3) is 0 Å².